The molecule has 3 nitrogen and oxygen atoms in total. The molecule has 68 valence electrons. The zero-order chi connectivity index (χ0) is 8.69. The summed E-state index contributed by atoms with van der Waals surface area (Å²) < 4.78 is 0. The second-order valence-electron chi connectivity index (χ2n) is 2.88. The molecule has 11 heavy (non-hydrogen) atoms. The first-order valence-electron chi connectivity index (χ1n) is 4.37. The number of nitrogens with one attached hydrogen (secondary N) is 1. The standard InChI is InChI=1S/C8H20N2O/c1-3-5-8(11)10-6-7(9)4-2/h7-8,10-11H,3-6,9H2,1-2H3. The van der Waals surface area contributed by atoms with Gasteiger partial charge in [0.05, 0.1) is 0 Å². The molecule has 0 aromatic heterocycles. The summed E-state index contributed by atoms with van der Waals surface area (Å²) in [5.74, 6) is 0. The largest absolute Gasteiger partial charge is 0.379 e. The van der Waals surface area contributed by atoms with Crippen LogP contribution in [0.25, 0.3) is 0 Å². The molecule has 0 aliphatic rings. The van der Waals surface area contributed by atoms with Gasteiger partial charge in [0.2, 0.25) is 0 Å². The Morgan fingerprint density at radius 3 is 2.55 bits per heavy atom. The minimum atomic E-state index is -0.377. The van der Waals surface area contributed by atoms with Gasteiger partial charge in [0.25, 0.3) is 0 Å². The SMILES string of the molecule is CCCC(O)NCC(N)CC. The minimum Gasteiger partial charge on any atom is -0.379 e. The van der Waals surface area contributed by atoms with Crippen molar-refractivity contribution in [1.29, 1.82) is 0 Å². The van der Waals surface area contributed by atoms with Crippen molar-refractivity contribution >= 4 is 0 Å². The van der Waals surface area contributed by atoms with Crippen molar-refractivity contribution in [2.24, 2.45) is 5.73 Å². The molecular formula is C8H20N2O. The average Bonchev–Trinajstić information content (AvgIpc) is 2.01. The van der Waals surface area contributed by atoms with Gasteiger partial charge in [0, 0.05) is 12.6 Å². The van der Waals surface area contributed by atoms with Gasteiger partial charge in [-0.25, -0.2) is 0 Å². The fourth-order valence-electron chi connectivity index (χ4n) is 0.807. The molecule has 0 aromatic rings. The lowest BCUT2D eigenvalue weighted by Crippen LogP contribution is -2.39. The molecule has 4 N–H and O–H groups in total. The van der Waals surface area contributed by atoms with E-state index < -0.39 is 0 Å². The maximum absolute atomic E-state index is 9.23. The molecule has 0 fully saturated rings. The van der Waals surface area contributed by atoms with Gasteiger partial charge in [-0.2, -0.15) is 0 Å². The molecule has 0 heterocycles. The Hall–Kier alpha value is -0.120. The number of nitrogens with two attached hydrogens (primary N) is 1. The van der Waals surface area contributed by atoms with Crippen LogP contribution in [-0.2, 0) is 0 Å². The Labute approximate surface area is 69.0 Å². The third-order valence-electron chi connectivity index (χ3n) is 1.70. The van der Waals surface area contributed by atoms with E-state index >= 15 is 0 Å². The topological polar surface area (TPSA) is 58.3 Å². The van der Waals surface area contributed by atoms with Gasteiger partial charge >= 0.3 is 0 Å². The fourth-order valence-corrected chi connectivity index (χ4v) is 0.807. The highest BCUT2D eigenvalue weighted by Gasteiger charge is 2.03. The van der Waals surface area contributed by atoms with E-state index in [-0.39, 0.29) is 12.3 Å². The molecule has 0 spiro atoms. The number of rotatable bonds is 6. The zero-order valence-electron chi connectivity index (χ0n) is 7.51. The van der Waals surface area contributed by atoms with E-state index in [0.29, 0.717) is 6.54 Å². The van der Waals surface area contributed by atoms with Crippen LogP contribution in [-0.4, -0.2) is 23.9 Å². The molecule has 0 rings (SSSR count). The smallest absolute Gasteiger partial charge is 0.104 e. The lowest BCUT2D eigenvalue weighted by atomic mass is 10.2. The van der Waals surface area contributed by atoms with Crippen molar-refractivity contribution in [2.75, 3.05) is 6.54 Å². The van der Waals surface area contributed by atoms with E-state index in [1.807, 2.05) is 13.8 Å². The van der Waals surface area contributed by atoms with E-state index in [1.165, 1.54) is 0 Å². The quantitative estimate of drug-likeness (QED) is 0.494. The van der Waals surface area contributed by atoms with E-state index in [0.717, 1.165) is 19.3 Å². The molecule has 2 atom stereocenters. The Morgan fingerprint density at radius 2 is 2.09 bits per heavy atom. The highest BCUT2D eigenvalue weighted by atomic mass is 16.3. The predicted molar refractivity (Wildman–Crippen MR) is 47.2 cm³/mol. The average molecular weight is 160 g/mol. The summed E-state index contributed by atoms with van der Waals surface area (Å²) in [5.41, 5.74) is 5.64. The summed E-state index contributed by atoms with van der Waals surface area (Å²) in [6.45, 7) is 4.79. The van der Waals surface area contributed by atoms with Gasteiger partial charge in [-0.1, -0.05) is 20.3 Å². The van der Waals surface area contributed by atoms with Crippen LogP contribution in [0.1, 0.15) is 33.1 Å². The van der Waals surface area contributed by atoms with Crippen LogP contribution >= 0.6 is 0 Å². The van der Waals surface area contributed by atoms with Gasteiger partial charge in [-0.15, -0.1) is 0 Å². The Kier molecular flexibility index (Phi) is 6.51. The second kappa shape index (κ2) is 6.58. The van der Waals surface area contributed by atoms with Gasteiger partial charge in [-0.3, -0.25) is 5.32 Å². The third-order valence-corrected chi connectivity index (χ3v) is 1.70. The van der Waals surface area contributed by atoms with Crippen LogP contribution in [0.5, 0.6) is 0 Å². The summed E-state index contributed by atoms with van der Waals surface area (Å²) in [5, 5.41) is 12.2. The first-order chi connectivity index (χ1) is 5.20. The van der Waals surface area contributed by atoms with Crippen molar-refractivity contribution in [2.45, 2.75) is 45.4 Å². The molecule has 0 bridgehead atoms. The summed E-state index contributed by atoms with van der Waals surface area (Å²) in [4.78, 5) is 0. The van der Waals surface area contributed by atoms with Crippen molar-refractivity contribution in [1.82, 2.24) is 5.32 Å². The summed E-state index contributed by atoms with van der Waals surface area (Å²) in [6, 6.07) is 0.168. The Bertz CT molecular complexity index is 88.2. The van der Waals surface area contributed by atoms with Crippen LogP contribution in [0, 0.1) is 0 Å². The van der Waals surface area contributed by atoms with Gasteiger partial charge in [0.15, 0.2) is 0 Å². The minimum absolute atomic E-state index is 0.168. The molecule has 0 saturated carbocycles. The Morgan fingerprint density at radius 1 is 1.45 bits per heavy atom. The van der Waals surface area contributed by atoms with Crippen LogP contribution in [0.2, 0.25) is 0 Å². The van der Waals surface area contributed by atoms with Crippen molar-refractivity contribution in [3.05, 3.63) is 0 Å². The van der Waals surface area contributed by atoms with Crippen LogP contribution < -0.4 is 11.1 Å². The zero-order valence-corrected chi connectivity index (χ0v) is 7.51. The highest BCUT2D eigenvalue weighted by Crippen LogP contribution is 1.92. The van der Waals surface area contributed by atoms with Crippen LogP contribution in [0.4, 0.5) is 0 Å². The van der Waals surface area contributed by atoms with Crippen molar-refractivity contribution in [3.63, 3.8) is 0 Å². The molecule has 0 saturated heterocycles. The van der Waals surface area contributed by atoms with Crippen LogP contribution in [0.3, 0.4) is 0 Å². The van der Waals surface area contributed by atoms with E-state index in [1.54, 1.807) is 0 Å². The third kappa shape index (κ3) is 6.28. The number of aliphatic hydroxyl groups is 1. The molecule has 0 aliphatic heterocycles. The fraction of sp³-hybridized carbons (Fsp3) is 1.00. The number of aliphatic hydroxyl groups excluding tert-OH is 1. The molecular weight excluding hydrogens is 140 g/mol. The molecule has 0 radical (unpaired) electrons. The summed E-state index contributed by atoms with van der Waals surface area (Å²) in [7, 11) is 0. The lowest BCUT2D eigenvalue weighted by molar-refractivity contribution is 0.125. The van der Waals surface area contributed by atoms with E-state index in [2.05, 4.69) is 5.32 Å². The summed E-state index contributed by atoms with van der Waals surface area (Å²) in [6.07, 6.45) is 2.37. The molecule has 0 aromatic carbocycles. The maximum Gasteiger partial charge on any atom is 0.104 e. The predicted octanol–water partition coefficient (Wildman–Crippen LogP) is 0.432. The molecule has 3 heteroatoms. The van der Waals surface area contributed by atoms with E-state index in [4.69, 9.17) is 5.73 Å². The molecule has 0 aliphatic carbocycles. The monoisotopic (exact) mass is 160 g/mol. The number of hydrogen-bond acceptors (Lipinski definition) is 3. The van der Waals surface area contributed by atoms with Gasteiger partial charge in [-0.05, 0) is 12.8 Å². The normalized spacial score (nSPS) is 16.4. The van der Waals surface area contributed by atoms with E-state index in [9.17, 15) is 5.11 Å². The summed E-state index contributed by atoms with van der Waals surface area (Å²) >= 11 is 0. The van der Waals surface area contributed by atoms with Gasteiger partial charge < -0.3 is 10.8 Å². The first-order valence-corrected chi connectivity index (χ1v) is 4.37. The van der Waals surface area contributed by atoms with Crippen LogP contribution in [0.15, 0.2) is 0 Å². The highest BCUT2D eigenvalue weighted by molar-refractivity contribution is 4.63. The maximum atomic E-state index is 9.23. The molecule has 2 unspecified atom stereocenters. The molecule has 0 amide bonds. The first kappa shape index (κ1) is 10.9. The number of hydrogen-bond donors (Lipinski definition) is 3. The van der Waals surface area contributed by atoms with Crippen molar-refractivity contribution < 1.29 is 5.11 Å². The Balaban J connectivity index is 3.22. The van der Waals surface area contributed by atoms with Crippen molar-refractivity contribution in [3.8, 4) is 0 Å². The van der Waals surface area contributed by atoms with Gasteiger partial charge in [0.1, 0.15) is 6.23 Å². The lowest BCUT2D eigenvalue weighted by Gasteiger charge is -2.14. The second-order valence-corrected chi connectivity index (χ2v) is 2.88.